The molecule has 1 heterocycles. The summed E-state index contributed by atoms with van der Waals surface area (Å²) in [6.45, 7) is 6.96. The van der Waals surface area contributed by atoms with E-state index < -0.39 is 0 Å². The third-order valence-corrected chi connectivity index (χ3v) is 3.68. The summed E-state index contributed by atoms with van der Waals surface area (Å²) in [6, 6.07) is 6.05. The van der Waals surface area contributed by atoms with E-state index in [0.717, 1.165) is 55.7 Å². The maximum Gasteiger partial charge on any atom is 0.254 e. The largest absolute Gasteiger partial charge is 0.385 e. The van der Waals surface area contributed by atoms with Gasteiger partial charge in [-0.2, -0.15) is 0 Å². The number of rotatable bonds is 4. The Morgan fingerprint density at radius 2 is 2.00 bits per heavy atom. The topological polar surface area (TPSA) is 32.3 Å². The van der Waals surface area contributed by atoms with Crippen molar-refractivity contribution in [2.24, 2.45) is 0 Å². The van der Waals surface area contributed by atoms with Crippen LogP contribution >= 0.6 is 0 Å². The minimum absolute atomic E-state index is 0.194. The number of likely N-dealkylation sites (tertiary alicyclic amines) is 1. The summed E-state index contributed by atoms with van der Waals surface area (Å²) in [4.78, 5) is 14.4. The van der Waals surface area contributed by atoms with Crippen molar-refractivity contribution in [3.63, 3.8) is 0 Å². The minimum atomic E-state index is 0.194. The van der Waals surface area contributed by atoms with Crippen LogP contribution in [0.3, 0.4) is 0 Å². The predicted octanol–water partition coefficient (Wildman–Crippen LogP) is 3.44. The van der Waals surface area contributed by atoms with Crippen molar-refractivity contribution in [2.75, 3.05) is 25.0 Å². The molecule has 1 aromatic rings. The van der Waals surface area contributed by atoms with Gasteiger partial charge < -0.3 is 10.2 Å². The number of amides is 1. The molecule has 1 aliphatic heterocycles. The quantitative estimate of drug-likeness (QED) is 0.899. The Bertz CT molecular complexity index is 436. The number of aryl methyl sites for hydroxylation is 1. The Morgan fingerprint density at radius 3 is 2.63 bits per heavy atom. The molecule has 1 amide bonds. The van der Waals surface area contributed by atoms with Crippen molar-refractivity contribution in [1.29, 1.82) is 0 Å². The first-order valence-corrected chi connectivity index (χ1v) is 7.36. The number of hydrogen-bond donors (Lipinski definition) is 1. The first-order chi connectivity index (χ1) is 9.22. The Morgan fingerprint density at radius 1 is 1.26 bits per heavy atom. The van der Waals surface area contributed by atoms with E-state index in [1.54, 1.807) is 0 Å². The molecule has 0 atom stereocenters. The normalized spacial score (nSPS) is 15.4. The number of anilines is 1. The maximum absolute atomic E-state index is 12.5. The Kier molecular flexibility index (Phi) is 4.83. The second-order valence-corrected chi connectivity index (χ2v) is 5.31. The van der Waals surface area contributed by atoms with E-state index in [1.807, 2.05) is 24.0 Å². The van der Waals surface area contributed by atoms with E-state index in [2.05, 4.69) is 18.3 Å². The van der Waals surface area contributed by atoms with Gasteiger partial charge in [-0.15, -0.1) is 0 Å². The van der Waals surface area contributed by atoms with Crippen LogP contribution in [0.2, 0.25) is 0 Å². The average molecular weight is 260 g/mol. The molecule has 0 spiro atoms. The highest BCUT2D eigenvalue weighted by Crippen LogP contribution is 2.19. The van der Waals surface area contributed by atoms with Crippen LogP contribution in [-0.2, 0) is 0 Å². The average Bonchev–Trinajstić information content (AvgIpc) is 2.45. The van der Waals surface area contributed by atoms with Gasteiger partial charge in [-0.3, -0.25) is 4.79 Å². The zero-order valence-electron chi connectivity index (χ0n) is 12.0. The smallest absolute Gasteiger partial charge is 0.254 e. The van der Waals surface area contributed by atoms with Crippen LogP contribution < -0.4 is 5.32 Å². The molecule has 0 aliphatic carbocycles. The highest BCUT2D eigenvalue weighted by atomic mass is 16.2. The standard InChI is InChI=1S/C16H24N2O/c1-3-9-17-14-7-8-15(13(2)12-14)16(19)18-10-5-4-6-11-18/h7-8,12,17H,3-6,9-11H2,1-2H3. The van der Waals surface area contributed by atoms with Crippen LogP contribution in [0.5, 0.6) is 0 Å². The lowest BCUT2D eigenvalue weighted by atomic mass is 10.0. The van der Waals surface area contributed by atoms with Gasteiger partial charge in [0.1, 0.15) is 0 Å². The fourth-order valence-electron chi connectivity index (χ4n) is 2.55. The lowest BCUT2D eigenvalue weighted by Crippen LogP contribution is -2.35. The molecule has 3 heteroatoms. The monoisotopic (exact) mass is 260 g/mol. The molecule has 1 saturated heterocycles. The van der Waals surface area contributed by atoms with E-state index in [9.17, 15) is 4.79 Å². The Hall–Kier alpha value is -1.51. The van der Waals surface area contributed by atoms with Crippen molar-refractivity contribution in [3.8, 4) is 0 Å². The molecule has 3 nitrogen and oxygen atoms in total. The van der Waals surface area contributed by atoms with Crippen LogP contribution in [0, 0.1) is 6.92 Å². The van der Waals surface area contributed by atoms with Crippen molar-refractivity contribution in [3.05, 3.63) is 29.3 Å². The summed E-state index contributed by atoms with van der Waals surface area (Å²) in [5.41, 5.74) is 3.02. The van der Waals surface area contributed by atoms with Gasteiger partial charge in [-0.1, -0.05) is 6.92 Å². The third kappa shape index (κ3) is 3.49. The van der Waals surface area contributed by atoms with E-state index >= 15 is 0 Å². The van der Waals surface area contributed by atoms with Crippen molar-refractivity contribution in [2.45, 2.75) is 39.5 Å². The highest BCUT2D eigenvalue weighted by Gasteiger charge is 2.19. The number of hydrogen-bond acceptors (Lipinski definition) is 2. The summed E-state index contributed by atoms with van der Waals surface area (Å²) in [5, 5.41) is 3.36. The van der Waals surface area contributed by atoms with Crippen LogP contribution in [0.15, 0.2) is 18.2 Å². The van der Waals surface area contributed by atoms with Gasteiger partial charge in [0.05, 0.1) is 0 Å². The van der Waals surface area contributed by atoms with Crippen LogP contribution in [0.25, 0.3) is 0 Å². The van der Waals surface area contributed by atoms with Crippen LogP contribution in [0.4, 0.5) is 5.69 Å². The van der Waals surface area contributed by atoms with Gasteiger partial charge in [0.15, 0.2) is 0 Å². The van der Waals surface area contributed by atoms with E-state index in [-0.39, 0.29) is 5.91 Å². The van der Waals surface area contributed by atoms with Crippen LogP contribution in [0.1, 0.15) is 48.5 Å². The summed E-state index contributed by atoms with van der Waals surface area (Å²) >= 11 is 0. The fourth-order valence-corrected chi connectivity index (χ4v) is 2.55. The zero-order valence-corrected chi connectivity index (χ0v) is 12.0. The second kappa shape index (κ2) is 6.60. The zero-order chi connectivity index (χ0) is 13.7. The number of carbonyl (C=O) groups excluding carboxylic acids is 1. The summed E-state index contributed by atoms with van der Waals surface area (Å²) in [7, 11) is 0. The van der Waals surface area contributed by atoms with Crippen LogP contribution in [-0.4, -0.2) is 30.4 Å². The Balaban J connectivity index is 2.09. The van der Waals surface area contributed by atoms with Crippen molar-refractivity contribution in [1.82, 2.24) is 4.90 Å². The van der Waals surface area contributed by atoms with E-state index in [4.69, 9.17) is 0 Å². The first-order valence-electron chi connectivity index (χ1n) is 7.36. The maximum atomic E-state index is 12.5. The molecule has 0 unspecified atom stereocenters. The summed E-state index contributed by atoms with van der Waals surface area (Å²) < 4.78 is 0. The van der Waals surface area contributed by atoms with Gasteiger partial charge in [-0.25, -0.2) is 0 Å². The van der Waals surface area contributed by atoms with Gasteiger partial charge >= 0.3 is 0 Å². The first kappa shape index (κ1) is 13.9. The van der Waals surface area contributed by atoms with Gasteiger partial charge in [-0.05, 0) is 56.4 Å². The summed E-state index contributed by atoms with van der Waals surface area (Å²) in [5.74, 6) is 0.194. The molecule has 1 fully saturated rings. The molecule has 19 heavy (non-hydrogen) atoms. The number of nitrogens with one attached hydrogen (secondary N) is 1. The number of nitrogens with zero attached hydrogens (tertiary/aromatic N) is 1. The molecule has 104 valence electrons. The molecule has 1 N–H and O–H groups in total. The Labute approximate surface area is 116 Å². The third-order valence-electron chi connectivity index (χ3n) is 3.68. The molecule has 1 aromatic carbocycles. The highest BCUT2D eigenvalue weighted by molar-refractivity contribution is 5.96. The minimum Gasteiger partial charge on any atom is -0.385 e. The molecular weight excluding hydrogens is 236 g/mol. The fraction of sp³-hybridized carbons (Fsp3) is 0.562. The molecule has 0 saturated carbocycles. The number of carbonyl (C=O) groups is 1. The molecule has 2 rings (SSSR count). The number of piperidine rings is 1. The van der Waals surface area contributed by atoms with Gasteiger partial charge in [0.2, 0.25) is 0 Å². The lowest BCUT2D eigenvalue weighted by Gasteiger charge is -2.27. The molecule has 0 bridgehead atoms. The number of benzene rings is 1. The van der Waals surface area contributed by atoms with Gasteiger partial charge in [0, 0.05) is 30.9 Å². The van der Waals surface area contributed by atoms with E-state index in [0.29, 0.717) is 0 Å². The summed E-state index contributed by atoms with van der Waals surface area (Å²) in [6.07, 6.45) is 4.64. The molecule has 0 aromatic heterocycles. The van der Waals surface area contributed by atoms with Crippen molar-refractivity contribution >= 4 is 11.6 Å². The van der Waals surface area contributed by atoms with E-state index in [1.165, 1.54) is 6.42 Å². The lowest BCUT2D eigenvalue weighted by molar-refractivity contribution is 0.0723. The molecule has 0 radical (unpaired) electrons. The molecular formula is C16H24N2O. The van der Waals surface area contributed by atoms with Gasteiger partial charge in [0.25, 0.3) is 5.91 Å². The SMILES string of the molecule is CCCNc1ccc(C(=O)N2CCCCC2)c(C)c1. The predicted molar refractivity (Wildman–Crippen MR) is 79.7 cm³/mol. The molecule has 1 aliphatic rings. The second-order valence-electron chi connectivity index (χ2n) is 5.31. The van der Waals surface area contributed by atoms with Crippen molar-refractivity contribution < 1.29 is 4.79 Å².